The molecule has 0 aliphatic carbocycles. The van der Waals surface area contributed by atoms with Crippen LogP contribution in [0.15, 0.2) is 47.4 Å². The van der Waals surface area contributed by atoms with Crippen molar-refractivity contribution in [2.75, 3.05) is 10.8 Å². The van der Waals surface area contributed by atoms with Gasteiger partial charge in [0.25, 0.3) is 10.0 Å². The molecule has 0 saturated heterocycles. The minimum absolute atomic E-state index is 0.0964. The summed E-state index contributed by atoms with van der Waals surface area (Å²) in [5.74, 6) is -3.72. The zero-order valence-corrected chi connectivity index (χ0v) is 18.7. The standard InChI is InChI=1S/C23H25NO7S/c1-4-9-24(17-8-7-14-10-16(23(28)29)6-5-15(14)11-17)32(30,31)19-12-18(13(2)3)20(25)22(27)21(19)26/h5-8,10-13,25-27H,4,9H2,1-3H3,(H,28,29). The van der Waals surface area contributed by atoms with E-state index in [-0.39, 0.29) is 23.6 Å². The number of rotatable bonds is 7. The zero-order valence-electron chi connectivity index (χ0n) is 17.9. The van der Waals surface area contributed by atoms with Crippen LogP contribution >= 0.6 is 0 Å². The van der Waals surface area contributed by atoms with E-state index in [1.807, 2.05) is 0 Å². The van der Waals surface area contributed by atoms with Crippen molar-refractivity contribution in [2.45, 2.75) is 38.0 Å². The molecule has 0 aromatic heterocycles. The first-order valence-corrected chi connectivity index (χ1v) is 11.5. The summed E-state index contributed by atoms with van der Waals surface area (Å²) in [6.45, 7) is 5.34. The van der Waals surface area contributed by atoms with Crippen molar-refractivity contribution >= 4 is 32.5 Å². The summed E-state index contributed by atoms with van der Waals surface area (Å²) in [6, 6.07) is 10.5. The van der Waals surface area contributed by atoms with Gasteiger partial charge in [-0.15, -0.1) is 0 Å². The molecule has 0 spiro atoms. The fourth-order valence-corrected chi connectivity index (χ4v) is 5.18. The number of carbonyl (C=O) groups is 1. The second-order valence-electron chi connectivity index (χ2n) is 7.79. The number of fused-ring (bicyclic) bond motifs is 1. The van der Waals surface area contributed by atoms with Gasteiger partial charge in [0.2, 0.25) is 5.75 Å². The number of anilines is 1. The lowest BCUT2D eigenvalue weighted by atomic mass is 10.0. The van der Waals surface area contributed by atoms with Crippen LogP contribution in [0, 0.1) is 0 Å². The number of hydrogen-bond acceptors (Lipinski definition) is 6. The zero-order chi connectivity index (χ0) is 23.8. The van der Waals surface area contributed by atoms with Crippen molar-refractivity contribution in [3.63, 3.8) is 0 Å². The molecule has 0 aliphatic heterocycles. The van der Waals surface area contributed by atoms with Crippen molar-refractivity contribution in [1.82, 2.24) is 0 Å². The summed E-state index contributed by atoms with van der Waals surface area (Å²) in [6.07, 6.45) is 0.469. The highest BCUT2D eigenvalue weighted by molar-refractivity contribution is 7.93. The number of aromatic hydroxyl groups is 3. The summed E-state index contributed by atoms with van der Waals surface area (Å²) < 4.78 is 28.2. The average molecular weight is 460 g/mol. The van der Waals surface area contributed by atoms with E-state index in [9.17, 15) is 28.5 Å². The lowest BCUT2D eigenvalue weighted by Crippen LogP contribution is -2.32. The number of carboxylic acids is 1. The lowest BCUT2D eigenvalue weighted by Gasteiger charge is -2.26. The van der Waals surface area contributed by atoms with Crippen LogP contribution in [0.1, 0.15) is 49.0 Å². The van der Waals surface area contributed by atoms with E-state index in [0.717, 1.165) is 4.31 Å². The van der Waals surface area contributed by atoms with Gasteiger partial charge in [-0.3, -0.25) is 4.31 Å². The molecule has 0 bridgehead atoms. The summed E-state index contributed by atoms with van der Waals surface area (Å²) in [5, 5.41) is 41.1. The Labute approximate surface area is 186 Å². The van der Waals surface area contributed by atoms with Gasteiger partial charge in [-0.05, 0) is 53.4 Å². The van der Waals surface area contributed by atoms with E-state index < -0.39 is 38.1 Å². The number of nitrogens with zero attached hydrogens (tertiary/aromatic N) is 1. The lowest BCUT2D eigenvalue weighted by molar-refractivity contribution is 0.0697. The van der Waals surface area contributed by atoms with Gasteiger partial charge in [0.15, 0.2) is 11.5 Å². The van der Waals surface area contributed by atoms with Gasteiger partial charge in [0.05, 0.1) is 11.3 Å². The molecule has 3 aromatic carbocycles. The molecule has 8 nitrogen and oxygen atoms in total. The van der Waals surface area contributed by atoms with E-state index in [1.54, 1.807) is 45.0 Å². The number of phenolic OH excluding ortho intramolecular Hbond substituents is 3. The Hall–Kier alpha value is -3.46. The van der Waals surface area contributed by atoms with Gasteiger partial charge >= 0.3 is 5.97 Å². The molecule has 0 radical (unpaired) electrons. The van der Waals surface area contributed by atoms with Crippen molar-refractivity contribution in [3.8, 4) is 17.2 Å². The summed E-state index contributed by atoms with van der Waals surface area (Å²) in [7, 11) is -4.31. The number of benzene rings is 3. The van der Waals surface area contributed by atoms with Gasteiger partial charge in [-0.1, -0.05) is 32.9 Å². The second-order valence-corrected chi connectivity index (χ2v) is 9.62. The van der Waals surface area contributed by atoms with E-state index in [2.05, 4.69) is 0 Å². The van der Waals surface area contributed by atoms with Crippen molar-refractivity contribution in [2.24, 2.45) is 0 Å². The van der Waals surface area contributed by atoms with E-state index >= 15 is 0 Å². The third-order valence-corrected chi connectivity index (χ3v) is 7.06. The maximum Gasteiger partial charge on any atom is 0.335 e. The second kappa shape index (κ2) is 8.58. The first-order chi connectivity index (χ1) is 15.0. The minimum atomic E-state index is -4.31. The van der Waals surface area contributed by atoms with Crippen LogP contribution in [0.5, 0.6) is 17.2 Å². The molecule has 0 aliphatic rings. The summed E-state index contributed by atoms with van der Waals surface area (Å²) >= 11 is 0. The molecule has 4 N–H and O–H groups in total. The first-order valence-electron chi connectivity index (χ1n) is 10.1. The Balaban J connectivity index is 2.18. The summed E-state index contributed by atoms with van der Waals surface area (Å²) in [5.41, 5.74) is 0.629. The van der Waals surface area contributed by atoms with E-state index in [4.69, 9.17) is 5.11 Å². The minimum Gasteiger partial charge on any atom is -0.504 e. The number of sulfonamides is 1. The van der Waals surface area contributed by atoms with Crippen molar-refractivity contribution < 1.29 is 33.6 Å². The predicted octanol–water partition coefficient (Wildman–Crippen LogP) is 4.38. The fraction of sp³-hybridized carbons (Fsp3) is 0.261. The molecular weight excluding hydrogens is 434 g/mol. The molecule has 0 saturated carbocycles. The molecule has 9 heteroatoms. The van der Waals surface area contributed by atoms with Crippen LogP contribution in [0.2, 0.25) is 0 Å². The highest BCUT2D eigenvalue weighted by Gasteiger charge is 2.31. The molecule has 3 aromatic rings. The normalized spacial score (nSPS) is 11.8. The van der Waals surface area contributed by atoms with Gasteiger partial charge in [0.1, 0.15) is 4.90 Å². The highest BCUT2D eigenvalue weighted by Crippen LogP contribution is 2.45. The number of aromatic carboxylic acids is 1. The number of phenols is 3. The van der Waals surface area contributed by atoms with Gasteiger partial charge in [-0.2, -0.15) is 0 Å². The Morgan fingerprint density at radius 2 is 1.56 bits per heavy atom. The molecule has 170 valence electrons. The highest BCUT2D eigenvalue weighted by atomic mass is 32.2. The van der Waals surface area contributed by atoms with E-state index in [1.165, 1.54) is 18.2 Å². The molecule has 0 amide bonds. The molecular formula is C23H25NO7S. The topological polar surface area (TPSA) is 135 Å². The van der Waals surface area contributed by atoms with Crippen molar-refractivity contribution in [1.29, 1.82) is 0 Å². The molecule has 3 rings (SSSR count). The van der Waals surface area contributed by atoms with Gasteiger partial charge < -0.3 is 20.4 Å². The number of carboxylic acid groups (broad SMARTS) is 1. The van der Waals surface area contributed by atoms with Crippen LogP contribution in [-0.2, 0) is 10.0 Å². The van der Waals surface area contributed by atoms with Crippen LogP contribution in [0.3, 0.4) is 0 Å². The van der Waals surface area contributed by atoms with Crippen LogP contribution in [0.4, 0.5) is 5.69 Å². The van der Waals surface area contributed by atoms with E-state index in [0.29, 0.717) is 22.9 Å². The Morgan fingerprint density at radius 3 is 2.16 bits per heavy atom. The van der Waals surface area contributed by atoms with Crippen LogP contribution < -0.4 is 4.31 Å². The Kier molecular flexibility index (Phi) is 6.23. The first kappa shape index (κ1) is 23.2. The predicted molar refractivity (Wildman–Crippen MR) is 121 cm³/mol. The molecule has 0 unspecified atom stereocenters. The van der Waals surface area contributed by atoms with Gasteiger partial charge in [0, 0.05) is 12.1 Å². The van der Waals surface area contributed by atoms with Crippen molar-refractivity contribution in [3.05, 3.63) is 53.6 Å². The Morgan fingerprint density at radius 1 is 0.938 bits per heavy atom. The monoisotopic (exact) mass is 459 g/mol. The fourth-order valence-electron chi connectivity index (χ4n) is 3.51. The summed E-state index contributed by atoms with van der Waals surface area (Å²) in [4.78, 5) is 10.7. The number of hydrogen-bond donors (Lipinski definition) is 4. The Bertz CT molecular complexity index is 1300. The maximum absolute atomic E-state index is 13.6. The average Bonchev–Trinajstić information content (AvgIpc) is 2.74. The largest absolute Gasteiger partial charge is 0.504 e. The molecule has 0 atom stereocenters. The smallest absolute Gasteiger partial charge is 0.335 e. The quantitative estimate of drug-likeness (QED) is 0.385. The molecule has 32 heavy (non-hydrogen) atoms. The van der Waals surface area contributed by atoms with Gasteiger partial charge in [-0.25, -0.2) is 13.2 Å². The third-order valence-electron chi connectivity index (χ3n) is 5.22. The maximum atomic E-state index is 13.6. The van der Waals surface area contributed by atoms with Crippen LogP contribution in [0.25, 0.3) is 10.8 Å². The van der Waals surface area contributed by atoms with Crippen LogP contribution in [-0.4, -0.2) is 41.4 Å². The molecule has 0 heterocycles. The third kappa shape index (κ3) is 4.03. The SMILES string of the molecule is CCCN(c1ccc2cc(C(=O)O)ccc2c1)S(=O)(=O)c1cc(C(C)C)c(O)c(O)c1O. The molecule has 0 fully saturated rings.